The highest BCUT2D eigenvalue weighted by molar-refractivity contribution is 7.13. The van der Waals surface area contributed by atoms with Crippen molar-refractivity contribution >= 4 is 28.8 Å². The lowest BCUT2D eigenvalue weighted by Gasteiger charge is -2.34. The van der Waals surface area contributed by atoms with Crippen molar-refractivity contribution in [3.05, 3.63) is 53.2 Å². The van der Waals surface area contributed by atoms with Crippen LogP contribution in [0.5, 0.6) is 0 Å². The predicted molar refractivity (Wildman–Crippen MR) is 136 cm³/mol. The molecule has 1 fully saturated rings. The molecule has 0 aliphatic carbocycles. The lowest BCUT2D eigenvalue weighted by molar-refractivity contribution is -0.136. The molecule has 0 radical (unpaired) electrons. The first-order chi connectivity index (χ1) is 17.0. The zero-order chi connectivity index (χ0) is 24.6. The summed E-state index contributed by atoms with van der Waals surface area (Å²) in [5.41, 5.74) is 1.77. The highest BCUT2D eigenvalue weighted by Gasteiger charge is 2.24. The molecule has 35 heavy (non-hydrogen) atoms. The third kappa shape index (κ3) is 6.97. The highest BCUT2D eigenvalue weighted by atomic mass is 32.1. The van der Waals surface area contributed by atoms with Gasteiger partial charge in [0.2, 0.25) is 23.5 Å². The Morgan fingerprint density at radius 1 is 1.11 bits per heavy atom. The van der Waals surface area contributed by atoms with Crippen molar-refractivity contribution < 1.29 is 14.1 Å². The van der Waals surface area contributed by atoms with Crippen molar-refractivity contribution in [2.75, 3.05) is 51.1 Å². The largest absolute Gasteiger partial charge is 0.338 e. The number of carbonyl (C=O) groups excluding carboxylic acids is 2. The van der Waals surface area contributed by atoms with Gasteiger partial charge in [0.15, 0.2) is 0 Å². The number of amides is 2. The van der Waals surface area contributed by atoms with E-state index in [0.717, 1.165) is 48.7 Å². The summed E-state index contributed by atoms with van der Waals surface area (Å²) in [5, 5.41) is 8.99. The Morgan fingerprint density at radius 2 is 1.89 bits per heavy atom. The standard InChI is InChI=1S/C25H32N6O3S/c1-3-10-31(16-22(32)26-20-8-5-4-7-19(20)2)24(33)18-30-13-11-29(12-14-30)17-23-27-25(28-34-23)21-9-6-15-35-21/h4-9,15H,3,10-14,16-18H2,1-2H3,(H,26,32). The molecular weight excluding hydrogens is 464 g/mol. The Bertz CT molecular complexity index is 1110. The van der Waals surface area contributed by atoms with Gasteiger partial charge in [-0.3, -0.25) is 19.4 Å². The Kier molecular flexibility index (Phi) is 8.62. The second kappa shape index (κ2) is 12.1. The van der Waals surface area contributed by atoms with Crippen LogP contribution in [0.4, 0.5) is 5.69 Å². The van der Waals surface area contributed by atoms with Crippen LogP contribution in [0.2, 0.25) is 0 Å². The molecule has 4 rings (SSSR count). The van der Waals surface area contributed by atoms with Crippen LogP contribution in [-0.4, -0.2) is 82.5 Å². The van der Waals surface area contributed by atoms with Crippen LogP contribution in [-0.2, 0) is 16.1 Å². The van der Waals surface area contributed by atoms with Crippen molar-refractivity contribution in [3.63, 3.8) is 0 Å². The van der Waals surface area contributed by atoms with Crippen molar-refractivity contribution in [1.82, 2.24) is 24.8 Å². The van der Waals surface area contributed by atoms with E-state index in [9.17, 15) is 9.59 Å². The number of para-hydroxylation sites is 1. The van der Waals surface area contributed by atoms with E-state index in [4.69, 9.17) is 4.52 Å². The number of nitrogens with zero attached hydrogens (tertiary/aromatic N) is 5. The van der Waals surface area contributed by atoms with Gasteiger partial charge in [0, 0.05) is 38.4 Å². The van der Waals surface area contributed by atoms with E-state index in [0.29, 0.717) is 31.3 Å². The number of piperazine rings is 1. The molecule has 186 valence electrons. The average molecular weight is 497 g/mol. The maximum Gasteiger partial charge on any atom is 0.244 e. The minimum absolute atomic E-state index is 0.0160. The average Bonchev–Trinajstić information content (AvgIpc) is 3.54. The molecule has 2 aromatic heterocycles. The first-order valence-electron chi connectivity index (χ1n) is 12.0. The fourth-order valence-electron chi connectivity index (χ4n) is 4.05. The van der Waals surface area contributed by atoms with Gasteiger partial charge in [0.1, 0.15) is 0 Å². The van der Waals surface area contributed by atoms with Crippen LogP contribution in [0.3, 0.4) is 0 Å². The third-order valence-electron chi connectivity index (χ3n) is 5.99. The second-order valence-electron chi connectivity index (χ2n) is 8.72. The molecule has 1 aliphatic heterocycles. The number of aromatic nitrogens is 2. The third-order valence-corrected chi connectivity index (χ3v) is 6.86. The van der Waals surface area contributed by atoms with Gasteiger partial charge in [0.25, 0.3) is 0 Å². The molecule has 0 unspecified atom stereocenters. The van der Waals surface area contributed by atoms with E-state index in [1.54, 1.807) is 16.2 Å². The van der Waals surface area contributed by atoms with Crippen molar-refractivity contribution in [3.8, 4) is 10.7 Å². The Hall–Kier alpha value is -3.08. The second-order valence-corrected chi connectivity index (χ2v) is 9.67. The molecule has 9 nitrogen and oxygen atoms in total. The number of hydrogen-bond acceptors (Lipinski definition) is 8. The van der Waals surface area contributed by atoms with Gasteiger partial charge >= 0.3 is 0 Å². The fourth-order valence-corrected chi connectivity index (χ4v) is 4.70. The zero-order valence-corrected chi connectivity index (χ0v) is 21.1. The minimum Gasteiger partial charge on any atom is -0.338 e. The number of thiophene rings is 1. The summed E-state index contributed by atoms with van der Waals surface area (Å²) in [4.78, 5) is 37.1. The molecular formula is C25H32N6O3S. The summed E-state index contributed by atoms with van der Waals surface area (Å²) in [7, 11) is 0. The summed E-state index contributed by atoms with van der Waals surface area (Å²) in [5.74, 6) is 1.04. The Balaban J connectivity index is 1.23. The number of hydrogen-bond donors (Lipinski definition) is 1. The van der Waals surface area contributed by atoms with E-state index in [2.05, 4.69) is 25.3 Å². The SMILES string of the molecule is CCCN(CC(=O)Nc1ccccc1C)C(=O)CN1CCN(Cc2nc(-c3cccs3)no2)CC1. The summed E-state index contributed by atoms with van der Waals surface area (Å²) >= 11 is 1.59. The molecule has 3 heterocycles. The maximum absolute atomic E-state index is 13.0. The monoisotopic (exact) mass is 496 g/mol. The first kappa shape index (κ1) is 25.0. The first-order valence-corrected chi connectivity index (χ1v) is 12.8. The number of benzene rings is 1. The number of rotatable bonds is 10. The maximum atomic E-state index is 13.0. The summed E-state index contributed by atoms with van der Waals surface area (Å²) in [6, 6.07) is 11.6. The van der Waals surface area contributed by atoms with Crippen molar-refractivity contribution in [1.29, 1.82) is 0 Å². The van der Waals surface area contributed by atoms with Crippen LogP contribution >= 0.6 is 11.3 Å². The van der Waals surface area contributed by atoms with E-state index in [1.807, 2.05) is 55.6 Å². The molecule has 1 aliphatic rings. The van der Waals surface area contributed by atoms with Gasteiger partial charge in [-0.05, 0) is 36.4 Å². The van der Waals surface area contributed by atoms with E-state index in [-0.39, 0.29) is 18.4 Å². The molecule has 0 bridgehead atoms. The summed E-state index contributed by atoms with van der Waals surface area (Å²) in [6.45, 7) is 8.66. The van der Waals surface area contributed by atoms with Gasteiger partial charge in [-0.25, -0.2) is 0 Å². The quantitative estimate of drug-likeness (QED) is 0.461. The van der Waals surface area contributed by atoms with Crippen LogP contribution in [0, 0.1) is 6.92 Å². The highest BCUT2D eigenvalue weighted by Crippen LogP contribution is 2.21. The summed E-state index contributed by atoms with van der Waals surface area (Å²) < 4.78 is 5.42. The normalized spacial score (nSPS) is 14.7. The lowest BCUT2D eigenvalue weighted by Crippen LogP contribution is -2.50. The Morgan fingerprint density at radius 3 is 2.60 bits per heavy atom. The molecule has 10 heteroatoms. The number of nitrogens with one attached hydrogen (secondary N) is 1. The number of carbonyl (C=O) groups is 2. The van der Waals surface area contributed by atoms with Gasteiger partial charge < -0.3 is 14.7 Å². The lowest BCUT2D eigenvalue weighted by atomic mass is 10.2. The number of anilines is 1. The van der Waals surface area contributed by atoms with Gasteiger partial charge in [-0.15, -0.1) is 11.3 Å². The fraction of sp³-hybridized carbons (Fsp3) is 0.440. The van der Waals surface area contributed by atoms with E-state index < -0.39 is 0 Å². The Labute approximate surface area is 209 Å². The smallest absolute Gasteiger partial charge is 0.244 e. The van der Waals surface area contributed by atoms with Crippen molar-refractivity contribution in [2.24, 2.45) is 0 Å². The molecule has 2 amide bonds. The number of aryl methyl sites for hydroxylation is 1. The van der Waals surface area contributed by atoms with E-state index in [1.165, 1.54) is 0 Å². The zero-order valence-electron chi connectivity index (χ0n) is 20.3. The van der Waals surface area contributed by atoms with Crippen molar-refractivity contribution in [2.45, 2.75) is 26.8 Å². The van der Waals surface area contributed by atoms with Gasteiger partial charge in [-0.1, -0.05) is 36.3 Å². The van der Waals surface area contributed by atoms with Gasteiger partial charge in [-0.2, -0.15) is 4.98 Å². The van der Waals surface area contributed by atoms with E-state index >= 15 is 0 Å². The van der Waals surface area contributed by atoms with Crippen LogP contribution in [0.15, 0.2) is 46.3 Å². The van der Waals surface area contributed by atoms with Crippen LogP contribution in [0.25, 0.3) is 10.7 Å². The molecule has 1 N–H and O–H groups in total. The molecule has 0 atom stereocenters. The molecule has 0 saturated carbocycles. The van der Waals surface area contributed by atoms with Gasteiger partial charge in [0.05, 0.1) is 24.5 Å². The summed E-state index contributed by atoms with van der Waals surface area (Å²) in [6.07, 6.45) is 0.800. The molecule has 0 spiro atoms. The predicted octanol–water partition coefficient (Wildman–Crippen LogP) is 3.10. The van der Waals surface area contributed by atoms with Crippen LogP contribution in [0.1, 0.15) is 24.8 Å². The molecule has 3 aromatic rings. The molecule has 1 aromatic carbocycles. The molecule has 1 saturated heterocycles. The minimum atomic E-state index is -0.174. The topological polar surface area (TPSA) is 94.8 Å². The van der Waals surface area contributed by atoms with Crippen LogP contribution < -0.4 is 5.32 Å².